The molecule has 3 atom stereocenters. The van der Waals surface area contributed by atoms with E-state index in [4.69, 9.17) is 9.47 Å². The summed E-state index contributed by atoms with van der Waals surface area (Å²) in [5, 5.41) is 7.17. The molecule has 0 aromatic heterocycles. The molecule has 6 aliphatic rings. The van der Waals surface area contributed by atoms with Gasteiger partial charge in [0.2, 0.25) is 0 Å². The Morgan fingerprint density at radius 1 is 0.526 bits per heavy atom. The zero-order valence-corrected chi connectivity index (χ0v) is 52.2. The van der Waals surface area contributed by atoms with E-state index in [1.165, 1.54) is 136 Å². The number of amides is 2. The molecule has 0 spiro atoms. The summed E-state index contributed by atoms with van der Waals surface area (Å²) in [5.41, 5.74) is -0.836. The summed E-state index contributed by atoms with van der Waals surface area (Å²) >= 11 is 0. The number of hydrogen-bond donors (Lipinski definition) is 2. The van der Waals surface area contributed by atoms with Crippen LogP contribution in [0.4, 0.5) is 9.59 Å². The second-order valence-corrected chi connectivity index (χ2v) is 25.6. The third kappa shape index (κ3) is 26.8. The van der Waals surface area contributed by atoms with Gasteiger partial charge in [-0.15, -0.1) is 12.4 Å². The van der Waals surface area contributed by atoms with Crippen LogP contribution in [0.25, 0.3) is 6.15 Å². The number of ether oxygens (including phenoxy) is 2. The van der Waals surface area contributed by atoms with Gasteiger partial charge in [0.25, 0.3) is 0 Å². The maximum absolute atomic E-state index is 12.4. The molecule has 3 heterocycles. The molecule has 3 saturated heterocycles. The maximum Gasteiger partial charge on any atom is 0.410 e. The lowest BCUT2D eigenvalue weighted by Gasteiger charge is -2.45. The van der Waals surface area contributed by atoms with Crippen LogP contribution in [-0.4, -0.2) is 211 Å². The topological polar surface area (TPSA) is 191 Å². The molecule has 3 aliphatic carbocycles. The maximum atomic E-state index is 12.4. The number of nitrogens with two attached hydrogens (primary N) is 1. The highest BCUT2D eigenvalue weighted by molar-refractivity contribution is 5.85. The molecule has 454 valence electrons. The molecule has 17 heteroatoms. The van der Waals surface area contributed by atoms with Gasteiger partial charge in [-0.1, -0.05) is 85.5 Å². The number of likely N-dealkylation sites (N-methyl/N-ethyl adjacent to an activating group) is 2. The first-order valence-corrected chi connectivity index (χ1v) is 30.3. The predicted octanol–water partition coefficient (Wildman–Crippen LogP) is 11.1. The van der Waals surface area contributed by atoms with Crippen LogP contribution in [0.15, 0.2) is 0 Å². The lowest BCUT2D eigenvalue weighted by Crippen LogP contribution is -2.57. The van der Waals surface area contributed by atoms with Crippen LogP contribution in [0.5, 0.6) is 0 Å². The van der Waals surface area contributed by atoms with Crippen LogP contribution in [0, 0.1) is 17.8 Å². The molecule has 76 heavy (non-hydrogen) atoms. The van der Waals surface area contributed by atoms with Gasteiger partial charge >= 0.3 is 12.2 Å². The number of carbonyl (C=O) groups excluding carboxylic acids is 2. The number of nitrogens with one attached hydrogen (secondary N) is 2. The van der Waals surface area contributed by atoms with Crippen LogP contribution < -0.4 is 10.6 Å². The fraction of sp³-hybridized carbons (Fsp3) is 0.966. The zero-order valence-electron chi connectivity index (χ0n) is 51.4. The summed E-state index contributed by atoms with van der Waals surface area (Å²) in [6.45, 7) is 47.6. The van der Waals surface area contributed by atoms with Gasteiger partial charge in [-0.3, -0.25) is 24.5 Å². The summed E-state index contributed by atoms with van der Waals surface area (Å²) < 4.78 is 11.1. The molecule has 6 fully saturated rings. The summed E-state index contributed by atoms with van der Waals surface area (Å²) in [6.07, 6.45) is 20.7. The Hall–Kier alpha value is -1.57. The van der Waals surface area contributed by atoms with Crippen LogP contribution in [0.2, 0.25) is 0 Å². The van der Waals surface area contributed by atoms with Gasteiger partial charge < -0.3 is 47.0 Å². The number of rotatable bonds is 17. The standard InChI is InChI=1S/C22H43N3O2.C20H39N3O2.C17H35N3.ClH.H2N.H2O.O/c1-7-23(18(2)3)17-20(19-11-9-8-10-12-19)24-13-15-25(16-14-24)21(26)27-22(4,5)6;1-16(2)21-15-18(17-9-7-6-8-10-17)22-11-13-23(14-12-22)19(24)25-20(3,4)5;1-4-19(15(2)3)14-17(16-8-6-5-7-9-16)20-12-10-18-11-13-20;;;;/h18-20H,7-17H2,1-6H3;16-18,21H,6-15H2,1-5H3;15-18H,4-14H2,1-3H3;1H;2*1H2;/q;;;;-1;;-2/p-1. The van der Waals surface area contributed by atoms with Crippen LogP contribution in [0.1, 0.15) is 193 Å². The number of piperazine rings is 3. The highest BCUT2D eigenvalue weighted by Crippen LogP contribution is 2.33. The van der Waals surface area contributed by atoms with Crippen molar-refractivity contribution in [3.63, 3.8) is 0 Å². The van der Waals surface area contributed by atoms with E-state index in [1.807, 2.05) is 51.3 Å². The Kier molecular flexibility index (Phi) is 37.4. The van der Waals surface area contributed by atoms with Gasteiger partial charge in [-0.2, -0.15) is 0 Å². The van der Waals surface area contributed by atoms with E-state index in [0.29, 0.717) is 30.2 Å². The van der Waals surface area contributed by atoms with Crippen molar-refractivity contribution >= 4 is 24.6 Å². The number of halogens is 1. The van der Waals surface area contributed by atoms with Crippen LogP contribution >= 0.6 is 12.4 Å². The quantitative estimate of drug-likeness (QED) is 0.140. The molecule has 5 N–H and O–H groups in total. The fourth-order valence-corrected chi connectivity index (χ4v) is 12.7. The SMILES string of the molecule is CC(C)NCC(C1CCCCC1)N1CCN(C(=O)OC(C)(C)C)CC1.CCN(CC(C1CCCCC1)N1CCN(C(=O)OC(C)(C)C)CC1)C(C)C.CCN(CC(C1CCCCC1)N1CCNCC1)C(C)C.Cl.[NH2-].[O-2].[OH-]. The summed E-state index contributed by atoms with van der Waals surface area (Å²) in [7, 11) is 0. The first-order valence-electron chi connectivity index (χ1n) is 30.3. The fourth-order valence-electron chi connectivity index (χ4n) is 12.7. The Morgan fingerprint density at radius 3 is 1.12 bits per heavy atom. The van der Waals surface area contributed by atoms with Crippen molar-refractivity contribution in [1.29, 1.82) is 0 Å². The zero-order chi connectivity index (χ0) is 52.8. The average molecular weight is 1100 g/mol. The Bertz CT molecular complexity index is 1450. The van der Waals surface area contributed by atoms with Crippen molar-refractivity contribution in [2.75, 3.05) is 111 Å². The van der Waals surface area contributed by atoms with E-state index in [2.05, 4.69) is 90.5 Å². The molecule has 0 radical (unpaired) electrons. The van der Waals surface area contributed by atoms with Gasteiger partial charge in [0.1, 0.15) is 11.2 Å². The molecule has 3 aliphatic heterocycles. The Balaban J connectivity index is 0.00000109. The second kappa shape index (κ2) is 38.2. The lowest BCUT2D eigenvalue weighted by atomic mass is 9.82. The molecule has 3 saturated carbocycles. The normalized spacial score (nSPS) is 21.5. The molecule has 0 bridgehead atoms. The molecule has 3 unspecified atom stereocenters. The van der Waals surface area contributed by atoms with Gasteiger partial charge in [0.15, 0.2) is 0 Å². The van der Waals surface area contributed by atoms with E-state index in [-0.39, 0.29) is 41.7 Å². The first-order chi connectivity index (χ1) is 34.2. The first kappa shape index (κ1) is 74.4. The highest BCUT2D eigenvalue weighted by atomic mass is 35.5. The summed E-state index contributed by atoms with van der Waals surface area (Å²) in [5.74, 6) is 2.54. The van der Waals surface area contributed by atoms with Crippen molar-refractivity contribution in [3.8, 4) is 0 Å². The minimum absolute atomic E-state index is 0. The van der Waals surface area contributed by atoms with Gasteiger partial charge in [-0.25, -0.2) is 9.59 Å². The number of nitrogens with zero attached hydrogens (tertiary/aromatic N) is 7. The molecule has 0 aromatic carbocycles. The van der Waals surface area contributed by atoms with E-state index in [9.17, 15) is 9.59 Å². The summed E-state index contributed by atoms with van der Waals surface area (Å²) in [4.78, 5) is 41.8. The van der Waals surface area contributed by atoms with Gasteiger partial charge in [0, 0.05) is 134 Å². The summed E-state index contributed by atoms with van der Waals surface area (Å²) in [6, 6.07) is 3.80. The Labute approximate surface area is 473 Å². The minimum Gasteiger partial charge on any atom is -2.00 e. The molecular formula is C59H121ClN10O6-4. The Morgan fingerprint density at radius 2 is 0.829 bits per heavy atom. The third-order valence-electron chi connectivity index (χ3n) is 16.9. The van der Waals surface area contributed by atoms with Crippen molar-refractivity contribution in [3.05, 3.63) is 6.15 Å². The smallest absolute Gasteiger partial charge is 0.410 e. The molecule has 0 aromatic rings. The van der Waals surface area contributed by atoms with Crippen molar-refractivity contribution < 1.29 is 30.0 Å². The number of hydrogen-bond acceptors (Lipinski definition) is 12. The molecular weight excluding hydrogens is 980 g/mol. The lowest BCUT2D eigenvalue weighted by molar-refractivity contribution is -0.000920. The van der Waals surface area contributed by atoms with E-state index in [0.717, 1.165) is 95.8 Å². The monoisotopic (exact) mass is 1100 g/mol. The molecule has 2 amide bonds. The van der Waals surface area contributed by atoms with Crippen LogP contribution in [-0.2, 0) is 14.9 Å². The molecule has 6 rings (SSSR count). The van der Waals surface area contributed by atoms with Crippen molar-refractivity contribution in [1.82, 2.24) is 44.9 Å². The van der Waals surface area contributed by atoms with Crippen LogP contribution in [0.3, 0.4) is 0 Å². The van der Waals surface area contributed by atoms with E-state index >= 15 is 0 Å². The second-order valence-electron chi connectivity index (χ2n) is 25.6. The molecule has 16 nitrogen and oxygen atoms in total. The largest absolute Gasteiger partial charge is 2.00 e. The van der Waals surface area contributed by atoms with Crippen molar-refractivity contribution in [2.45, 2.75) is 241 Å². The average Bonchev–Trinajstić information content (AvgIpc) is 3.35. The van der Waals surface area contributed by atoms with E-state index in [1.54, 1.807) is 0 Å². The highest BCUT2D eigenvalue weighted by Gasteiger charge is 2.36. The van der Waals surface area contributed by atoms with Crippen molar-refractivity contribution in [2.24, 2.45) is 17.8 Å². The predicted molar refractivity (Wildman–Crippen MR) is 317 cm³/mol. The van der Waals surface area contributed by atoms with E-state index < -0.39 is 11.2 Å². The number of carbonyl (C=O) groups is 2. The van der Waals surface area contributed by atoms with Gasteiger partial charge in [-0.05, 0) is 139 Å². The minimum atomic E-state index is -0.419. The van der Waals surface area contributed by atoms with Gasteiger partial charge in [0.05, 0.1) is 0 Å². The third-order valence-corrected chi connectivity index (χ3v) is 16.9.